The minimum atomic E-state index is -5.34. The van der Waals surface area contributed by atoms with Gasteiger partial charge in [-0.3, -0.25) is 19.6 Å². The summed E-state index contributed by atoms with van der Waals surface area (Å²) in [5, 5.41) is 13.7. The van der Waals surface area contributed by atoms with Crippen LogP contribution in [0.2, 0.25) is 0 Å². The lowest BCUT2D eigenvalue weighted by atomic mass is 9.81. The van der Waals surface area contributed by atoms with Crippen molar-refractivity contribution in [3.63, 3.8) is 0 Å². The van der Waals surface area contributed by atoms with E-state index in [0.29, 0.717) is 10.9 Å². The van der Waals surface area contributed by atoms with Gasteiger partial charge in [-0.25, -0.2) is 9.37 Å². The lowest BCUT2D eigenvalue weighted by molar-refractivity contribution is -0.265. The summed E-state index contributed by atoms with van der Waals surface area (Å²) in [5.41, 5.74) is -0.229. The number of rotatable bonds is 6. The van der Waals surface area contributed by atoms with Gasteiger partial charge >= 0.3 is 6.18 Å². The highest BCUT2D eigenvalue weighted by molar-refractivity contribution is 5.97. The molecule has 4 heterocycles. The first-order valence-electron chi connectivity index (χ1n) is 11.9. The maximum Gasteiger partial charge on any atom is 0.424 e. The van der Waals surface area contributed by atoms with E-state index in [2.05, 4.69) is 20.3 Å². The molecule has 1 aliphatic rings. The zero-order valence-corrected chi connectivity index (χ0v) is 20.8. The average Bonchev–Trinajstić information content (AvgIpc) is 3.28. The normalized spacial score (nSPS) is 18.1. The molecular formula is C27H21F4N5O4. The van der Waals surface area contributed by atoms with Gasteiger partial charge in [-0.15, -0.1) is 0 Å². The predicted octanol–water partition coefficient (Wildman–Crippen LogP) is 3.15. The first-order valence-corrected chi connectivity index (χ1v) is 11.9. The lowest BCUT2D eigenvalue weighted by Gasteiger charge is -2.31. The molecule has 206 valence electrons. The van der Waals surface area contributed by atoms with Crippen molar-refractivity contribution < 1.29 is 37.0 Å². The molecule has 0 saturated heterocycles. The number of hydrogen-bond acceptors (Lipinski definition) is 7. The summed E-state index contributed by atoms with van der Waals surface area (Å²) in [7, 11) is 0. The van der Waals surface area contributed by atoms with Crippen molar-refractivity contribution in [2.75, 3.05) is 13.2 Å². The number of halogens is 4. The third-order valence-corrected chi connectivity index (χ3v) is 6.88. The summed E-state index contributed by atoms with van der Waals surface area (Å²) in [6, 6.07) is 8.56. The lowest BCUT2D eigenvalue weighted by Crippen LogP contribution is -2.51. The van der Waals surface area contributed by atoms with Crippen LogP contribution in [0.1, 0.15) is 28.5 Å². The van der Waals surface area contributed by atoms with Crippen molar-refractivity contribution in [2.45, 2.75) is 24.1 Å². The highest BCUT2D eigenvalue weighted by atomic mass is 19.4. The van der Waals surface area contributed by atoms with Crippen LogP contribution >= 0.6 is 0 Å². The molecule has 2 atom stereocenters. The fraction of sp³-hybridized carbons (Fsp3) is 0.222. The predicted molar refractivity (Wildman–Crippen MR) is 133 cm³/mol. The Kier molecular flexibility index (Phi) is 6.41. The van der Waals surface area contributed by atoms with Gasteiger partial charge in [0.05, 0.1) is 29.5 Å². The van der Waals surface area contributed by atoms with Crippen LogP contribution in [-0.2, 0) is 15.8 Å². The van der Waals surface area contributed by atoms with Crippen molar-refractivity contribution in [3.8, 4) is 17.0 Å². The highest BCUT2D eigenvalue weighted by Gasteiger charge is 2.57. The number of alkyl halides is 3. The number of carbonyl (C=O) groups is 2. The monoisotopic (exact) mass is 555 g/mol. The summed E-state index contributed by atoms with van der Waals surface area (Å²) in [4.78, 5) is 37.2. The minimum absolute atomic E-state index is 0.0260. The van der Waals surface area contributed by atoms with E-state index >= 15 is 0 Å². The van der Waals surface area contributed by atoms with Crippen molar-refractivity contribution in [3.05, 3.63) is 83.7 Å². The summed E-state index contributed by atoms with van der Waals surface area (Å²) in [6.45, 7) is -0.231. The number of hydrogen-bond donors (Lipinski definition) is 3. The van der Waals surface area contributed by atoms with E-state index in [0.717, 1.165) is 18.2 Å². The maximum absolute atomic E-state index is 14.5. The molecular weight excluding hydrogens is 534 g/mol. The first kappa shape index (κ1) is 26.9. The molecule has 4 N–H and O–H groups in total. The summed E-state index contributed by atoms with van der Waals surface area (Å²) in [6.07, 6.45) is -1.24. The zero-order chi connectivity index (χ0) is 28.9. The number of nitrogens with one attached hydrogen (secondary N) is 1. The third-order valence-electron chi connectivity index (χ3n) is 6.88. The summed E-state index contributed by atoms with van der Waals surface area (Å²) in [5.74, 6) is -2.44. The number of amides is 2. The van der Waals surface area contributed by atoms with E-state index in [9.17, 15) is 32.3 Å². The number of nitrogens with two attached hydrogens (primary N) is 1. The molecule has 1 unspecified atom stereocenters. The average molecular weight is 555 g/mol. The first-order chi connectivity index (χ1) is 18.8. The van der Waals surface area contributed by atoms with Crippen LogP contribution < -0.4 is 15.8 Å². The second kappa shape index (κ2) is 9.52. The second-order valence-corrected chi connectivity index (χ2v) is 9.56. The van der Waals surface area contributed by atoms with E-state index in [1.165, 1.54) is 43.7 Å². The molecule has 0 spiro atoms. The molecule has 2 amide bonds. The Morgan fingerprint density at radius 3 is 2.55 bits per heavy atom. The molecule has 0 bridgehead atoms. The largest absolute Gasteiger partial charge is 0.489 e. The van der Waals surface area contributed by atoms with Gasteiger partial charge in [0, 0.05) is 28.9 Å². The Bertz CT molecular complexity index is 1650. The van der Waals surface area contributed by atoms with Gasteiger partial charge in [0.15, 0.2) is 0 Å². The van der Waals surface area contributed by atoms with Crippen LogP contribution in [0.4, 0.5) is 17.6 Å². The fourth-order valence-electron chi connectivity index (χ4n) is 4.34. The number of benzene rings is 1. The van der Waals surface area contributed by atoms with E-state index in [-0.39, 0.29) is 34.7 Å². The number of ether oxygens (including phenoxy) is 1. The number of primary amides is 1. The van der Waals surface area contributed by atoms with Crippen molar-refractivity contribution in [2.24, 2.45) is 5.73 Å². The van der Waals surface area contributed by atoms with Gasteiger partial charge in [-0.05, 0) is 49.4 Å². The molecule has 3 aromatic heterocycles. The Morgan fingerprint density at radius 2 is 1.88 bits per heavy atom. The van der Waals surface area contributed by atoms with E-state index < -0.39 is 47.1 Å². The molecule has 9 nitrogen and oxygen atoms in total. The van der Waals surface area contributed by atoms with E-state index in [1.54, 1.807) is 6.07 Å². The van der Waals surface area contributed by atoms with Crippen molar-refractivity contribution in [1.82, 2.24) is 20.3 Å². The van der Waals surface area contributed by atoms with Crippen LogP contribution in [0, 0.1) is 5.82 Å². The van der Waals surface area contributed by atoms with Crippen molar-refractivity contribution >= 4 is 22.7 Å². The number of fused-ring (bicyclic) bond motifs is 2. The topological polar surface area (TPSA) is 140 Å². The molecule has 4 aromatic rings. The summed E-state index contributed by atoms with van der Waals surface area (Å²) >= 11 is 0. The van der Waals surface area contributed by atoms with Crippen LogP contribution in [0.15, 0.2) is 61.1 Å². The fourth-order valence-corrected chi connectivity index (χ4v) is 4.34. The van der Waals surface area contributed by atoms with Gasteiger partial charge in [0.25, 0.3) is 5.91 Å². The number of aromatic nitrogens is 3. The number of pyridine rings is 3. The van der Waals surface area contributed by atoms with Gasteiger partial charge < -0.3 is 20.9 Å². The molecule has 0 radical (unpaired) electrons. The maximum atomic E-state index is 14.5. The quantitative estimate of drug-likeness (QED) is 0.311. The van der Waals surface area contributed by atoms with Crippen molar-refractivity contribution in [1.29, 1.82) is 0 Å². The molecule has 0 fully saturated rings. The van der Waals surface area contributed by atoms with Gasteiger partial charge in [-0.2, -0.15) is 13.2 Å². The Hall–Kier alpha value is -4.65. The number of carbonyl (C=O) groups excluding carboxylic acids is 2. The zero-order valence-electron chi connectivity index (χ0n) is 20.8. The van der Waals surface area contributed by atoms with Crippen LogP contribution in [0.3, 0.4) is 0 Å². The second-order valence-electron chi connectivity index (χ2n) is 9.56. The van der Waals surface area contributed by atoms with Crippen LogP contribution in [0.25, 0.3) is 22.2 Å². The SMILES string of the molecule is C[C@]1(C(N)=O)COc2c1cc(C(O)(CNC(=O)c1cnc3cnccc3c1)C(F)(F)F)nc2-c1ccc(F)cc1. The van der Waals surface area contributed by atoms with E-state index in [1.807, 2.05) is 0 Å². The number of aliphatic hydroxyl groups is 1. The smallest absolute Gasteiger partial charge is 0.424 e. The minimum Gasteiger partial charge on any atom is -0.489 e. The number of nitrogens with zero attached hydrogens (tertiary/aromatic N) is 3. The Balaban J connectivity index is 1.58. The molecule has 0 aliphatic carbocycles. The molecule has 0 saturated carbocycles. The Labute approximate surface area is 224 Å². The molecule has 40 heavy (non-hydrogen) atoms. The van der Waals surface area contributed by atoms with E-state index in [4.69, 9.17) is 10.5 Å². The molecule has 5 rings (SSSR count). The van der Waals surface area contributed by atoms with Crippen LogP contribution in [0.5, 0.6) is 5.75 Å². The van der Waals surface area contributed by atoms with Crippen LogP contribution in [-0.4, -0.2) is 51.2 Å². The van der Waals surface area contributed by atoms with Gasteiger partial charge in [-0.1, -0.05) is 0 Å². The Morgan fingerprint density at radius 1 is 1.15 bits per heavy atom. The summed E-state index contributed by atoms with van der Waals surface area (Å²) < 4.78 is 62.7. The van der Waals surface area contributed by atoms with Gasteiger partial charge in [0.2, 0.25) is 11.5 Å². The van der Waals surface area contributed by atoms with Gasteiger partial charge in [0.1, 0.15) is 29.3 Å². The highest BCUT2D eigenvalue weighted by Crippen LogP contribution is 2.47. The molecule has 1 aliphatic heterocycles. The molecule has 13 heteroatoms. The third kappa shape index (κ3) is 4.47. The standard InChI is InChI=1S/C27H21F4N5O4/c1-25(24(32)38)13-40-22-18(25)9-20(36-21(22)14-2-4-17(28)5-3-14)26(39,27(29,30)31)12-35-23(37)16-8-15-6-7-33-11-19(15)34-10-16/h2-11,39H,12-13H2,1H3,(H2,32,38)(H,35,37)/t25-,26?/m0/s1. The molecule has 1 aromatic carbocycles.